The van der Waals surface area contributed by atoms with Crippen LogP contribution in [0.3, 0.4) is 0 Å². The van der Waals surface area contributed by atoms with Gasteiger partial charge in [0.15, 0.2) is 0 Å². The number of nitrogens with zero attached hydrogens (tertiary/aromatic N) is 1. The summed E-state index contributed by atoms with van der Waals surface area (Å²) >= 11 is 5.49. The number of carbonyl (C=O) groups is 2. The smallest absolute Gasteiger partial charge is 0.263 e. The van der Waals surface area contributed by atoms with E-state index in [1.54, 1.807) is 18.2 Å². The highest BCUT2D eigenvalue weighted by Gasteiger charge is 2.34. The van der Waals surface area contributed by atoms with Gasteiger partial charge >= 0.3 is 0 Å². The van der Waals surface area contributed by atoms with Crippen molar-refractivity contribution in [1.29, 1.82) is 0 Å². The van der Waals surface area contributed by atoms with E-state index in [4.69, 9.17) is 11.6 Å². The average Bonchev–Trinajstić information content (AvgIpc) is 2.61. The molecule has 96 valence electrons. The molecule has 0 aliphatic carbocycles. The second-order valence-electron chi connectivity index (χ2n) is 4.09. The highest BCUT2D eigenvalue weighted by molar-refractivity contribution is 6.23. The van der Waals surface area contributed by atoms with Crippen LogP contribution in [0.2, 0.25) is 0 Å². The molecule has 0 aromatic heterocycles. The molecule has 2 amide bonds. The number of benzene rings is 1. The van der Waals surface area contributed by atoms with E-state index in [1.807, 2.05) is 0 Å². The van der Waals surface area contributed by atoms with Crippen LogP contribution in [0.1, 0.15) is 20.7 Å². The summed E-state index contributed by atoms with van der Waals surface area (Å²) < 4.78 is 0. The van der Waals surface area contributed by atoms with Crippen LogP contribution in [-0.4, -0.2) is 47.4 Å². The Kier molecular flexibility index (Phi) is 3.54. The molecule has 1 heterocycles. The van der Waals surface area contributed by atoms with E-state index in [0.29, 0.717) is 16.8 Å². The van der Waals surface area contributed by atoms with Crippen molar-refractivity contribution in [2.24, 2.45) is 0 Å². The average molecular weight is 269 g/mol. The van der Waals surface area contributed by atoms with Crippen molar-refractivity contribution in [2.75, 3.05) is 24.8 Å². The van der Waals surface area contributed by atoms with Crippen LogP contribution in [0.4, 0.5) is 5.69 Å². The minimum atomic E-state index is -0.701. The largest absolute Gasteiger partial charge is 0.390 e. The van der Waals surface area contributed by atoms with Crippen molar-refractivity contribution in [3.63, 3.8) is 0 Å². The van der Waals surface area contributed by atoms with Gasteiger partial charge in [-0.1, -0.05) is 6.07 Å². The van der Waals surface area contributed by atoms with Crippen LogP contribution in [0, 0.1) is 0 Å². The van der Waals surface area contributed by atoms with Crippen molar-refractivity contribution in [3.05, 3.63) is 29.3 Å². The van der Waals surface area contributed by atoms with Gasteiger partial charge < -0.3 is 10.4 Å². The van der Waals surface area contributed by atoms with E-state index in [1.165, 1.54) is 7.05 Å². The van der Waals surface area contributed by atoms with Gasteiger partial charge in [-0.3, -0.25) is 14.5 Å². The maximum Gasteiger partial charge on any atom is 0.263 e. The number of hydrogen-bond acceptors (Lipinski definition) is 4. The summed E-state index contributed by atoms with van der Waals surface area (Å²) in [4.78, 5) is 24.8. The number of anilines is 1. The number of fused-ring (bicyclic) bond motifs is 1. The third-order valence-corrected chi connectivity index (χ3v) is 3.18. The Morgan fingerprint density at radius 2 is 2.11 bits per heavy atom. The number of alkyl halides is 1. The number of aliphatic hydroxyl groups is 1. The molecule has 0 radical (unpaired) electrons. The van der Waals surface area contributed by atoms with Gasteiger partial charge in [-0.2, -0.15) is 0 Å². The minimum Gasteiger partial charge on any atom is -0.390 e. The van der Waals surface area contributed by atoms with Crippen LogP contribution in [-0.2, 0) is 0 Å². The Balaban J connectivity index is 2.30. The number of rotatable bonds is 4. The first-order chi connectivity index (χ1) is 8.56. The Hall–Kier alpha value is -1.59. The lowest BCUT2D eigenvalue weighted by Crippen LogP contribution is -2.25. The summed E-state index contributed by atoms with van der Waals surface area (Å²) in [6.45, 7) is 0.227. The van der Waals surface area contributed by atoms with Crippen molar-refractivity contribution < 1.29 is 14.7 Å². The van der Waals surface area contributed by atoms with Gasteiger partial charge in [0.05, 0.1) is 23.1 Å². The molecule has 1 aromatic carbocycles. The molecule has 6 heteroatoms. The highest BCUT2D eigenvalue weighted by Crippen LogP contribution is 2.28. The first-order valence-electron chi connectivity index (χ1n) is 5.49. The number of hydrogen-bond donors (Lipinski definition) is 2. The first kappa shape index (κ1) is 12.9. The fraction of sp³-hybridized carbons (Fsp3) is 0.333. The molecule has 1 aliphatic rings. The number of nitrogens with one attached hydrogen (secondary N) is 1. The Morgan fingerprint density at radius 3 is 2.78 bits per heavy atom. The standard InChI is InChI=1S/C12H13ClN2O3/c1-15-11(17)8-3-2-4-9(10(8)12(15)18)14-6-7(16)5-13/h2-4,7,14,16H,5-6H2,1H3. The van der Waals surface area contributed by atoms with Gasteiger partial charge in [-0.15, -0.1) is 11.6 Å². The monoisotopic (exact) mass is 268 g/mol. The van der Waals surface area contributed by atoms with E-state index in [0.717, 1.165) is 4.90 Å². The molecular formula is C12H13ClN2O3. The Bertz CT molecular complexity index is 504. The summed E-state index contributed by atoms with van der Waals surface area (Å²) in [5.41, 5.74) is 1.28. The minimum absolute atomic E-state index is 0.106. The van der Waals surface area contributed by atoms with Gasteiger partial charge in [0.2, 0.25) is 0 Å². The molecule has 5 nitrogen and oxygen atoms in total. The van der Waals surface area contributed by atoms with E-state index < -0.39 is 6.10 Å². The van der Waals surface area contributed by atoms with E-state index in [9.17, 15) is 14.7 Å². The molecule has 1 aliphatic heterocycles. The molecule has 1 atom stereocenters. The molecule has 2 rings (SSSR count). The van der Waals surface area contributed by atoms with Gasteiger partial charge in [-0.25, -0.2) is 0 Å². The SMILES string of the molecule is CN1C(=O)c2cccc(NCC(O)CCl)c2C1=O. The predicted molar refractivity (Wildman–Crippen MR) is 68.1 cm³/mol. The second kappa shape index (κ2) is 4.96. The first-order valence-corrected chi connectivity index (χ1v) is 6.03. The zero-order valence-corrected chi connectivity index (χ0v) is 10.6. The molecule has 2 N–H and O–H groups in total. The molecule has 0 spiro atoms. The quantitative estimate of drug-likeness (QED) is 0.629. The normalized spacial score (nSPS) is 15.8. The summed E-state index contributed by atoms with van der Waals surface area (Å²) in [6, 6.07) is 5.00. The fourth-order valence-corrected chi connectivity index (χ4v) is 1.94. The molecule has 0 bridgehead atoms. The van der Waals surface area contributed by atoms with Crippen molar-refractivity contribution >= 4 is 29.1 Å². The lowest BCUT2D eigenvalue weighted by Gasteiger charge is -2.12. The van der Waals surface area contributed by atoms with Gasteiger partial charge in [0.1, 0.15) is 0 Å². The van der Waals surface area contributed by atoms with Crippen LogP contribution in [0.25, 0.3) is 0 Å². The van der Waals surface area contributed by atoms with Crippen LogP contribution >= 0.6 is 11.6 Å². The molecule has 0 saturated carbocycles. The Labute approximate surface area is 109 Å². The summed E-state index contributed by atoms with van der Waals surface area (Å²) in [6.07, 6.45) is -0.701. The molecule has 1 aromatic rings. The highest BCUT2D eigenvalue weighted by atomic mass is 35.5. The Morgan fingerprint density at radius 1 is 1.39 bits per heavy atom. The molecule has 18 heavy (non-hydrogen) atoms. The maximum atomic E-state index is 11.9. The number of amides is 2. The summed E-state index contributed by atoms with van der Waals surface area (Å²) in [7, 11) is 1.45. The van der Waals surface area contributed by atoms with Gasteiger partial charge in [0, 0.05) is 19.3 Å². The van der Waals surface area contributed by atoms with Crippen LogP contribution in [0.5, 0.6) is 0 Å². The second-order valence-corrected chi connectivity index (χ2v) is 4.40. The lowest BCUT2D eigenvalue weighted by molar-refractivity contribution is 0.0693. The third-order valence-electron chi connectivity index (χ3n) is 2.82. The molecule has 0 fully saturated rings. The number of halogens is 1. The van der Waals surface area contributed by atoms with E-state index in [-0.39, 0.29) is 24.2 Å². The zero-order valence-electron chi connectivity index (χ0n) is 9.81. The third kappa shape index (κ3) is 2.07. The van der Waals surface area contributed by atoms with Crippen molar-refractivity contribution in [1.82, 2.24) is 4.90 Å². The number of aliphatic hydroxyl groups excluding tert-OH is 1. The number of carbonyl (C=O) groups excluding carboxylic acids is 2. The van der Waals surface area contributed by atoms with Crippen molar-refractivity contribution in [3.8, 4) is 0 Å². The van der Waals surface area contributed by atoms with Crippen LogP contribution < -0.4 is 5.32 Å². The van der Waals surface area contributed by atoms with Crippen LogP contribution in [0.15, 0.2) is 18.2 Å². The summed E-state index contributed by atoms with van der Waals surface area (Å²) in [5, 5.41) is 12.3. The van der Waals surface area contributed by atoms with Crippen molar-refractivity contribution in [2.45, 2.75) is 6.10 Å². The topological polar surface area (TPSA) is 69.6 Å². The van der Waals surface area contributed by atoms with Gasteiger partial charge in [0.25, 0.3) is 11.8 Å². The predicted octanol–water partition coefficient (Wildman–Crippen LogP) is 0.924. The zero-order chi connectivity index (χ0) is 13.3. The molecule has 0 saturated heterocycles. The fourth-order valence-electron chi connectivity index (χ4n) is 1.83. The lowest BCUT2D eigenvalue weighted by atomic mass is 10.1. The maximum absolute atomic E-state index is 11.9. The van der Waals surface area contributed by atoms with E-state index in [2.05, 4.69) is 5.32 Å². The van der Waals surface area contributed by atoms with E-state index >= 15 is 0 Å². The summed E-state index contributed by atoms with van der Waals surface area (Å²) in [5.74, 6) is -0.538. The van der Waals surface area contributed by atoms with Gasteiger partial charge in [-0.05, 0) is 12.1 Å². The number of imide groups is 1. The molecular weight excluding hydrogens is 256 g/mol. The molecule has 1 unspecified atom stereocenters.